The number of hydrogen-bond acceptors (Lipinski definition) is 5. The van der Waals surface area contributed by atoms with E-state index in [9.17, 15) is 10.4 Å². The fraction of sp³-hybridized carbons (Fsp3) is 0.400. The second kappa shape index (κ2) is 9.04. The summed E-state index contributed by atoms with van der Waals surface area (Å²) in [7, 11) is 0. The van der Waals surface area contributed by atoms with Crippen molar-refractivity contribution < 1.29 is 14.2 Å². The van der Waals surface area contributed by atoms with Crippen LogP contribution >= 0.6 is 0 Å². The van der Waals surface area contributed by atoms with Crippen LogP contribution in [0, 0.1) is 29.0 Å². The van der Waals surface area contributed by atoms with Gasteiger partial charge < -0.3 is 14.7 Å². The number of halogens is 1. The highest BCUT2D eigenvalue weighted by Gasteiger charge is 2.51. The van der Waals surface area contributed by atoms with Gasteiger partial charge in [-0.1, -0.05) is 26.0 Å². The number of aromatic nitrogens is 2. The van der Waals surface area contributed by atoms with Gasteiger partial charge in [-0.05, 0) is 61.6 Å². The smallest absolute Gasteiger partial charge is 0.132 e. The van der Waals surface area contributed by atoms with Crippen molar-refractivity contribution in [1.29, 1.82) is 5.26 Å². The maximum atomic E-state index is 15.0. The number of ether oxygens (including phenoxy) is 1. The molecule has 0 saturated carbocycles. The Kier molecular flexibility index (Phi) is 5.80. The van der Waals surface area contributed by atoms with Crippen molar-refractivity contribution in [2.75, 3.05) is 31.2 Å². The van der Waals surface area contributed by atoms with Crippen molar-refractivity contribution in [3.05, 3.63) is 76.9 Å². The zero-order chi connectivity index (χ0) is 25.7. The lowest BCUT2D eigenvalue weighted by Crippen LogP contribution is -2.45. The molecule has 2 heterocycles. The minimum Gasteiger partial charge on any atom is -0.511 e. The van der Waals surface area contributed by atoms with Crippen LogP contribution in [0.4, 0.5) is 10.1 Å². The highest BCUT2D eigenvalue weighted by Crippen LogP contribution is 2.55. The van der Waals surface area contributed by atoms with E-state index in [1.54, 1.807) is 12.1 Å². The van der Waals surface area contributed by atoms with Gasteiger partial charge in [-0.25, -0.2) is 9.07 Å². The van der Waals surface area contributed by atoms with E-state index in [2.05, 4.69) is 42.2 Å². The Morgan fingerprint density at radius 2 is 1.81 bits per heavy atom. The fourth-order valence-electron chi connectivity index (χ4n) is 6.79. The number of benzene rings is 2. The van der Waals surface area contributed by atoms with E-state index >= 15 is 4.39 Å². The zero-order valence-corrected chi connectivity index (χ0v) is 21.2. The summed E-state index contributed by atoms with van der Waals surface area (Å²) in [5.41, 5.74) is 5.26. The number of anilines is 1. The third-order valence-electron chi connectivity index (χ3n) is 8.67. The van der Waals surface area contributed by atoms with E-state index in [-0.39, 0.29) is 23.4 Å². The molecular formula is C30H31FN4O2. The van der Waals surface area contributed by atoms with Gasteiger partial charge in [-0.2, -0.15) is 10.4 Å². The molecular weight excluding hydrogens is 467 g/mol. The molecule has 7 heteroatoms. The molecule has 0 spiro atoms. The summed E-state index contributed by atoms with van der Waals surface area (Å²) in [5, 5.41) is 25.7. The average Bonchev–Trinajstić information content (AvgIpc) is 3.32. The Labute approximate surface area is 216 Å². The van der Waals surface area contributed by atoms with Crippen molar-refractivity contribution in [1.82, 2.24) is 9.78 Å². The SMILES string of the molecule is C[C@H]1C(O)=C(C#N)C[C@@]2(C)c3c(c(-c4ccccc4F)nn3-c3ccc(N4CCOCC4)cc3)CC[C@H]12. The van der Waals surface area contributed by atoms with Gasteiger partial charge in [-0.15, -0.1) is 0 Å². The van der Waals surface area contributed by atoms with Crippen molar-refractivity contribution in [2.45, 2.75) is 38.5 Å². The highest BCUT2D eigenvalue weighted by molar-refractivity contribution is 5.68. The molecule has 6 nitrogen and oxygen atoms in total. The van der Waals surface area contributed by atoms with Crippen LogP contribution in [0.15, 0.2) is 59.9 Å². The van der Waals surface area contributed by atoms with E-state index in [1.165, 1.54) is 6.07 Å². The molecule has 0 radical (unpaired) electrons. The Balaban J connectivity index is 1.53. The van der Waals surface area contributed by atoms with E-state index in [1.807, 2.05) is 17.7 Å². The number of nitrogens with zero attached hydrogens (tertiary/aromatic N) is 4. The standard InChI is InChI=1S/C30H31FN4O2/c1-19-25-12-11-24-27(23-5-3-4-6-26(23)31)33-35(29(24)30(25,2)17-20(18-32)28(19)36)22-9-7-21(8-10-22)34-13-15-37-16-14-34/h3-10,19,25,36H,11-17H2,1-2H3/t19-,25-,30-/m1/s1. The number of fused-ring (bicyclic) bond motifs is 3. The number of morpholine rings is 1. The Morgan fingerprint density at radius 3 is 2.51 bits per heavy atom. The van der Waals surface area contributed by atoms with E-state index in [0.717, 1.165) is 61.8 Å². The Hall–Kier alpha value is -3.63. The maximum Gasteiger partial charge on any atom is 0.132 e. The first-order chi connectivity index (χ1) is 17.9. The van der Waals surface area contributed by atoms with Crippen LogP contribution in [0.2, 0.25) is 0 Å². The van der Waals surface area contributed by atoms with Crippen LogP contribution in [0.1, 0.15) is 37.9 Å². The second-order valence-electron chi connectivity index (χ2n) is 10.7. The maximum absolute atomic E-state index is 15.0. The van der Waals surface area contributed by atoms with Gasteiger partial charge in [0.25, 0.3) is 0 Å². The number of allylic oxidation sites excluding steroid dienone is 2. The van der Waals surface area contributed by atoms with Crippen molar-refractivity contribution in [3.8, 4) is 23.0 Å². The van der Waals surface area contributed by atoms with Gasteiger partial charge in [0.2, 0.25) is 0 Å². The number of nitriles is 1. The number of rotatable bonds is 3. The monoisotopic (exact) mass is 498 g/mol. The molecule has 37 heavy (non-hydrogen) atoms. The molecule has 0 bridgehead atoms. The van der Waals surface area contributed by atoms with Crippen LogP contribution in [-0.4, -0.2) is 41.2 Å². The molecule has 2 aromatic carbocycles. The summed E-state index contributed by atoms with van der Waals surface area (Å²) < 4.78 is 22.5. The molecule has 0 unspecified atom stereocenters. The van der Waals surface area contributed by atoms with Crippen LogP contribution in [0.5, 0.6) is 0 Å². The molecule has 3 aliphatic rings. The molecule has 190 valence electrons. The molecule has 1 fully saturated rings. The van der Waals surface area contributed by atoms with Gasteiger partial charge in [0.05, 0.1) is 41.9 Å². The third kappa shape index (κ3) is 3.74. The lowest BCUT2D eigenvalue weighted by molar-refractivity contribution is 0.122. The molecule has 1 N–H and O–H groups in total. The molecule has 0 amide bonds. The van der Waals surface area contributed by atoms with Gasteiger partial charge >= 0.3 is 0 Å². The van der Waals surface area contributed by atoms with Gasteiger partial charge in [-0.3, -0.25) is 0 Å². The second-order valence-corrected chi connectivity index (χ2v) is 10.7. The zero-order valence-electron chi connectivity index (χ0n) is 21.2. The summed E-state index contributed by atoms with van der Waals surface area (Å²) in [6.45, 7) is 7.35. The van der Waals surface area contributed by atoms with Gasteiger partial charge in [0, 0.05) is 41.2 Å². The summed E-state index contributed by atoms with van der Waals surface area (Å²) in [4.78, 5) is 2.31. The molecule has 1 aliphatic heterocycles. The number of aliphatic hydroxyl groups is 1. The third-order valence-corrected chi connectivity index (χ3v) is 8.67. The average molecular weight is 499 g/mol. The summed E-state index contributed by atoms with van der Waals surface area (Å²) in [6.07, 6.45) is 2.02. The number of aliphatic hydroxyl groups excluding tert-OH is 1. The molecule has 3 aromatic rings. The minimum absolute atomic E-state index is 0.134. The van der Waals surface area contributed by atoms with E-state index in [4.69, 9.17) is 9.84 Å². The lowest BCUT2D eigenvalue weighted by atomic mass is 9.56. The van der Waals surface area contributed by atoms with E-state index in [0.29, 0.717) is 23.3 Å². The molecule has 2 aliphatic carbocycles. The van der Waals surface area contributed by atoms with Gasteiger partial charge in [0.1, 0.15) is 11.6 Å². The topological polar surface area (TPSA) is 74.3 Å². The molecule has 3 atom stereocenters. The quantitative estimate of drug-likeness (QED) is 0.501. The van der Waals surface area contributed by atoms with Crippen molar-refractivity contribution >= 4 is 5.69 Å². The van der Waals surface area contributed by atoms with Crippen molar-refractivity contribution in [2.24, 2.45) is 11.8 Å². The predicted molar refractivity (Wildman–Crippen MR) is 140 cm³/mol. The van der Waals surface area contributed by atoms with Gasteiger partial charge in [0.15, 0.2) is 0 Å². The van der Waals surface area contributed by atoms with Crippen LogP contribution in [-0.2, 0) is 16.6 Å². The predicted octanol–water partition coefficient (Wildman–Crippen LogP) is 5.71. The Morgan fingerprint density at radius 1 is 1.11 bits per heavy atom. The number of hydrogen-bond donors (Lipinski definition) is 1. The summed E-state index contributed by atoms with van der Waals surface area (Å²) in [6, 6.07) is 17.4. The Bertz CT molecular complexity index is 1410. The normalized spacial score (nSPS) is 25.4. The first-order valence-corrected chi connectivity index (χ1v) is 13.0. The summed E-state index contributed by atoms with van der Waals surface area (Å²) in [5.74, 6) is -0.0695. The van der Waals surface area contributed by atoms with Crippen LogP contribution in [0.3, 0.4) is 0 Å². The molecule has 6 rings (SSSR count). The largest absolute Gasteiger partial charge is 0.511 e. The van der Waals surface area contributed by atoms with E-state index < -0.39 is 5.41 Å². The molecule has 1 aromatic heterocycles. The first-order valence-electron chi connectivity index (χ1n) is 13.0. The molecule has 1 saturated heterocycles. The fourth-order valence-corrected chi connectivity index (χ4v) is 6.79. The first kappa shape index (κ1) is 23.7. The van der Waals surface area contributed by atoms with Crippen LogP contribution in [0.25, 0.3) is 16.9 Å². The minimum atomic E-state index is -0.427. The van der Waals surface area contributed by atoms with Crippen molar-refractivity contribution in [3.63, 3.8) is 0 Å². The summed E-state index contributed by atoms with van der Waals surface area (Å²) >= 11 is 0. The highest BCUT2D eigenvalue weighted by atomic mass is 19.1. The lowest BCUT2D eigenvalue weighted by Gasteiger charge is -2.47. The van der Waals surface area contributed by atoms with Crippen LogP contribution < -0.4 is 4.90 Å².